The predicted octanol–water partition coefficient (Wildman–Crippen LogP) is 3.85. The molecule has 1 fully saturated rings. The number of para-hydroxylation sites is 1. The summed E-state index contributed by atoms with van der Waals surface area (Å²) in [4.78, 5) is 29.7. The van der Waals surface area contributed by atoms with E-state index in [1.54, 1.807) is 22.8 Å². The number of nitrogens with zero attached hydrogens (tertiary/aromatic N) is 2. The molecule has 1 heterocycles. The number of aromatic nitrogens is 2. The van der Waals surface area contributed by atoms with E-state index in [1.807, 2.05) is 6.07 Å². The van der Waals surface area contributed by atoms with E-state index in [-0.39, 0.29) is 36.0 Å². The highest BCUT2D eigenvalue weighted by molar-refractivity contribution is 5.78. The van der Waals surface area contributed by atoms with Gasteiger partial charge < -0.3 is 5.32 Å². The van der Waals surface area contributed by atoms with Crippen molar-refractivity contribution >= 4 is 16.8 Å². The van der Waals surface area contributed by atoms with Crippen molar-refractivity contribution in [1.29, 1.82) is 0 Å². The molecule has 0 radical (unpaired) electrons. The maximum atomic E-state index is 12.8. The summed E-state index contributed by atoms with van der Waals surface area (Å²) in [6, 6.07) is 12.0. The molecule has 2 aromatic carbocycles. The average Bonchev–Trinajstić information content (AvgIpc) is 3.60. The Hall–Kier alpha value is -3.60. The standard InChI is InChI=1S/C24H20F3N3O2/c25-24(26,27)17-7-3-5-16(15-17)6-4-14-28-22(31)13-12-21-29-20-9-2-1-8-19(20)23(32)30(21)18-10-11-18/h1-3,5,7-9,15,18H,10-14H2,(H,28,31). The van der Waals surface area contributed by atoms with E-state index in [1.165, 1.54) is 12.1 Å². The van der Waals surface area contributed by atoms with Gasteiger partial charge in [-0.25, -0.2) is 4.98 Å². The summed E-state index contributed by atoms with van der Waals surface area (Å²) in [5.41, 5.74) is -0.0157. The summed E-state index contributed by atoms with van der Waals surface area (Å²) >= 11 is 0. The minimum Gasteiger partial charge on any atom is -0.345 e. The molecule has 3 aromatic rings. The van der Waals surface area contributed by atoms with E-state index >= 15 is 0 Å². The molecule has 1 aliphatic rings. The lowest BCUT2D eigenvalue weighted by Gasteiger charge is -2.12. The van der Waals surface area contributed by atoms with Crippen molar-refractivity contribution in [2.75, 3.05) is 6.54 Å². The van der Waals surface area contributed by atoms with Crippen molar-refractivity contribution < 1.29 is 18.0 Å². The van der Waals surface area contributed by atoms with Gasteiger partial charge in [0.25, 0.3) is 5.56 Å². The number of hydrogen-bond donors (Lipinski definition) is 1. The molecule has 0 spiro atoms. The van der Waals surface area contributed by atoms with Gasteiger partial charge in [0, 0.05) is 24.4 Å². The molecule has 1 saturated carbocycles. The van der Waals surface area contributed by atoms with Gasteiger partial charge in [-0.1, -0.05) is 30.0 Å². The van der Waals surface area contributed by atoms with Crippen LogP contribution in [0.5, 0.6) is 0 Å². The van der Waals surface area contributed by atoms with E-state index < -0.39 is 11.7 Å². The van der Waals surface area contributed by atoms with Crippen LogP contribution in [0.15, 0.2) is 53.3 Å². The van der Waals surface area contributed by atoms with Crippen LogP contribution in [-0.4, -0.2) is 22.0 Å². The molecule has 164 valence electrons. The van der Waals surface area contributed by atoms with Crippen LogP contribution in [0.25, 0.3) is 10.9 Å². The van der Waals surface area contributed by atoms with Crippen LogP contribution in [0.1, 0.15) is 42.3 Å². The topological polar surface area (TPSA) is 64.0 Å². The molecule has 0 aliphatic heterocycles. The molecule has 0 atom stereocenters. The van der Waals surface area contributed by atoms with Gasteiger partial charge in [-0.2, -0.15) is 13.2 Å². The Morgan fingerprint density at radius 1 is 1.16 bits per heavy atom. The highest BCUT2D eigenvalue weighted by atomic mass is 19.4. The largest absolute Gasteiger partial charge is 0.416 e. The summed E-state index contributed by atoms with van der Waals surface area (Å²) < 4.78 is 39.9. The lowest BCUT2D eigenvalue weighted by atomic mass is 10.1. The number of benzene rings is 2. The molecular formula is C24H20F3N3O2. The number of carbonyl (C=O) groups is 1. The first kappa shape index (κ1) is 21.6. The zero-order valence-electron chi connectivity index (χ0n) is 17.1. The Balaban J connectivity index is 1.38. The van der Waals surface area contributed by atoms with E-state index in [2.05, 4.69) is 22.1 Å². The molecule has 5 nitrogen and oxygen atoms in total. The summed E-state index contributed by atoms with van der Waals surface area (Å²) in [6.07, 6.45) is -2.15. The van der Waals surface area contributed by atoms with Crippen molar-refractivity contribution in [3.05, 3.63) is 75.8 Å². The Morgan fingerprint density at radius 3 is 2.69 bits per heavy atom. The van der Waals surface area contributed by atoms with E-state index in [9.17, 15) is 22.8 Å². The third-order valence-corrected chi connectivity index (χ3v) is 5.17. The molecule has 0 saturated heterocycles. The first-order valence-electron chi connectivity index (χ1n) is 10.3. The first-order valence-corrected chi connectivity index (χ1v) is 10.3. The minimum atomic E-state index is -4.43. The molecule has 1 aliphatic carbocycles. The van der Waals surface area contributed by atoms with Crippen molar-refractivity contribution in [1.82, 2.24) is 14.9 Å². The van der Waals surface area contributed by atoms with Gasteiger partial charge in [-0.3, -0.25) is 14.2 Å². The van der Waals surface area contributed by atoms with Gasteiger partial charge in [0.05, 0.1) is 23.0 Å². The number of hydrogen-bond acceptors (Lipinski definition) is 3. The fourth-order valence-corrected chi connectivity index (χ4v) is 3.45. The Kier molecular flexibility index (Phi) is 5.99. The normalized spacial score (nSPS) is 13.5. The van der Waals surface area contributed by atoms with Gasteiger partial charge in [-0.15, -0.1) is 0 Å². The second-order valence-corrected chi connectivity index (χ2v) is 7.61. The zero-order chi connectivity index (χ0) is 22.7. The average molecular weight is 439 g/mol. The maximum absolute atomic E-state index is 12.8. The van der Waals surface area contributed by atoms with Crippen molar-refractivity contribution in [3.63, 3.8) is 0 Å². The van der Waals surface area contributed by atoms with Gasteiger partial charge in [-0.05, 0) is 43.2 Å². The quantitative estimate of drug-likeness (QED) is 0.615. The molecule has 32 heavy (non-hydrogen) atoms. The van der Waals surface area contributed by atoms with Gasteiger partial charge in [0.2, 0.25) is 5.91 Å². The summed E-state index contributed by atoms with van der Waals surface area (Å²) in [5, 5.41) is 3.20. The number of nitrogens with one attached hydrogen (secondary N) is 1. The van der Waals surface area contributed by atoms with Gasteiger partial charge >= 0.3 is 6.18 Å². The van der Waals surface area contributed by atoms with Crippen LogP contribution in [0.3, 0.4) is 0 Å². The molecule has 0 bridgehead atoms. The smallest absolute Gasteiger partial charge is 0.345 e. The lowest BCUT2D eigenvalue weighted by molar-refractivity contribution is -0.137. The number of amides is 1. The van der Waals surface area contributed by atoms with Crippen molar-refractivity contribution in [2.45, 2.75) is 37.9 Å². The molecule has 1 amide bonds. The first-order chi connectivity index (χ1) is 15.3. The lowest BCUT2D eigenvalue weighted by Crippen LogP contribution is -2.27. The van der Waals surface area contributed by atoms with Crippen molar-refractivity contribution in [3.8, 4) is 11.8 Å². The highest BCUT2D eigenvalue weighted by Crippen LogP contribution is 2.35. The van der Waals surface area contributed by atoms with E-state index in [0.29, 0.717) is 23.1 Å². The zero-order valence-corrected chi connectivity index (χ0v) is 17.1. The van der Waals surface area contributed by atoms with Crippen LogP contribution in [0.4, 0.5) is 13.2 Å². The number of rotatable bonds is 5. The predicted molar refractivity (Wildman–Crippen MR) is 114 cm³/mol. The van der Waals surface area contributed by atoms with Crippen molar-refractivity contribution in [2.24, 2.45) is 0 Å². The minimum absolute atomic E-state index is 0.00958. The van der Waals surface area contributed by atoms with Crippen LogP contribution in [-0.2, 0) is 17.4 Å². The number of halogens is 3. The fourth-order valence-electron chi connectivity index (χ4n) is 3.45. The number of aryl methyl sites for hydroxylation is 1. The number of alkyl halides is 3. The molecule has 4 rings (SSSR count). The molecule has 8 heteroatoms. The third kappa shape index (κ3) is 4.99. The van der Waals surface area contributed by atoms with Crippen LogP contribution < -0.4 is 10.9 Å². The van der Waals surface area contributed by atoms with E-state index in [4.69, 9.17) is 0 Å². The summed E-state index contributed by atoms with van der Waals surface area (Å²) in [6.45, 7) is 0.00958. The molecular weight excluding hydrogens is 419 g/mol. The highest BCUT2D eigenvalue weighted by Gasteiger charge is 2.30. The second kappa shape index (κ2) is 8.87. The second-order valence-electron chi connectivity index (χ2n) is 7.61. The Bertz CT molecular complexity index is 1280. The molecule has 1 N–H and O–H groups in total. The Labute approximate surface area is 182 Å². The summed E-state index contributed by atoms with van der Waals surface area (Å²) in [7, 11) is 0. The Morgan fingerprint density at radius 2 is 1.94 bits per heavy atom. The molecule has 1 aromatic heterocycles. The van der Waals surface area contributed by atoms with Gasteiger partial charge in [0.15, 0.2) is 0 Å². The maximum Gasteiger partial charge on any atom is 0.416 e. The fraction of sp³-hybridized carbons (Fsp3) is 0.292. The van der Waals surface area contributed by atoms with Crippen LogP contribution in [0.2, 0.25) is 0 Å². The summed E-state index contributed by atoms with van der Waals surface area (Å²) in [5.74, 6) is 5.60. The number of carbonyl (C=O) groups excluding carboxylic acids is 1. The van der Waals surface area contributed by atoms with Gasteiger partial charge in [0.1, 0.15) is 5.82 Å². The SMILES string of the molecule is O=C(CCc1nc2ccccc2c(=O)n1C1CC1)NCC#Cc1cccc(C(F)(F)F)c1. The number of fused-ring (bicyclic) bond motifs is 1. The van der Waals surface area contributed by atoms with Crippen LogP contribution in [0, 0.1) is 11.8 Å². The molecule has 0 unspecified atom stereocenters. The monoisotopic (exact) mass is 439 g/mol. The third-order valence-electron chi connectivity index (χ3n) is 5.17. The van der Waals surface area contributed by atoms with E-state index in [0.717, 1.165) is 25.0 Å². The van der Waals surface area contributed by atoms with Crippen LogP contribution >= 0.6 is 0 Å².